The monoisotopic (exact) mass is 264 g/mol. The van der Waals surface area contributed by atoms with E-state index >= 15 is 0 Å². The average Bonchev–Trinajstić information content (AvgIpc) is 2.44. The van der Waals surface area contributed by atoms with Crippen LogP contribution in [0.2, 0.25) is 0 Å². The molecule has 0 spiro atoms. The molecule has 0 bridgehead atoms. The van der Waals surface area contributed by atoms with Crippen LogP contribution < -0.4 is 10.5 Å². The topological polar surface area (TPSA) is 55.6 Å². The van der Waals surface area contributed by atoms with E-state index in [1.165, 1.54) is 0 Å². The van der Waals surface area contributed by atoms with E-state index in [1.54, 1.807) is 4.90 Å². The summed E-state index contributed by atoms with van der Waals surface area (Å²) < 4.78 is 5.36. The normalized spacial score (nSPS) is 10.3. The van der Waals surface area contributed by atoms with Crippen LogP contribution in [0.1, 0.15) is 36.5 Å². The van der Waals surface area contributed by atoms with Crippen LogP contribution in [0.4, 0.5) is 0 Å². The van der Waals surface area contributed by atoms with Gasteiger partial charge in [0, 0.05) is 19.2 Å². The van der Waals surface area contributed by atoms with Crippen molar-refractivity contribution in [3.8, 4) is 5.75 Å². The van der Waals surface area contributed by atoms with Crippen molar-refractivity contribution < 1.29 is 9.53 Å². The Morgan fingerprint density at radius 3 is 2.47 bits per heavy atom. The maximum absolute atomic E-state index is 12.1. The second-order valence-corrected chi connectivity index (χ2v) is 4.53. The molecule has 0 aromatic heterocycles. The van der Waals surface area contributed by atoms with Gasteiger partial charge in [-0.25, -0.2) is 0 Å². The summed E-state index contributed by atoms with van der Waals surface area (Å²) in [6.45, 7) is 4.06. The number of carbonyl (C=O) groups is 1. The number of ether oxygens (including phenoxy) is 1. The van der Waals surface area contributed by atoms with E-state index in [9.17, 15) is 4.79 Å². The van der Waals surface area contributed by atoms with Gasteiger partial charge in [0.1, 0.15) is 5.75 Å². The van der Waals surface area contributed by atoms with Crippen LogP contribution in [0.5, 0.6) is 5.75 Å². The van der Waals surface area contributed by atoms with Gasteiger partial charge in [-0.1, -0.05) is 6.42 Å². The molecule has 0 saturated carbocycles. The molecule has 1 aromatic carbocycles. The summed E-state index contributed by atoms with van der Waals surface area (Å²) in [7, 11) is 1.83. The molecule has 1 aromatic rings. The van der Waals surface area contributed by atoms with Gasteiger partial charge in [-0.2, -0.15) is 0 Å². The van der Waals surface area contributed by atoms with E-state index in [2.05, 4.69) is 0 Å². The van der Waals surface area contributed by atoms with E-state index in [1.807, 2.05) is 38.2 Å². The number of nitrogens with zero attached hydrogens (tertiary/aromatic N) is 1. The summed E-state index contributed by atoms with van der Waals surface area (Å²) in [5.41, 5.74) is 6.14. The molecule has 2 N–H and O–H groups in total. The van der Waals surface area contributed by atoms with E-state index in [4.69, 9.17) is 10.5 Å². The zero-order chi connectivity index (χ0) is 14.1. The summed E-state index contributed by atoms with van der Waals surface area (Å²) in [6, 6.07) is 7.28. The molecule has 0 radical (unpaired) electrons. The molecule has 0 atom stereocenters. The number of nitrogens with two attached hydrogens (primary N) is 1. The summed E-state index contributed by atoms with van der Waals surface area (Å²) in [6.07, 6.45) is 3.08. The molecule has 19 heavy (non-hydrogen) atoms. The first-order valence-corrected chi connectivity index (χ1v) is 6.87. The molecule has 4 nitrogen and oxygen atoms in total. The standard InChI is InChI=1S/C15H24N2O2/c1-3-19-14-9-7-13(8-10-14)15(18)17(2)12-6-4-5-11-16/h7-10H,3-6,11-12,16H2,1-2H3. The highest BCUT2D eigenvalue weighted by molar-refractivity contribution is 5.94. The van der Waals surface area contributed by atoms with Gasteiger partial charge in [0.25, 0.3) is 5.91 Å². The lowest BCUT2D eigenvalue weighted by atomic mass is 10.2. The third-order valence-corrected chi connectivity index (χ3v) is 2.96. The molecule has 0 aliphatic rings. The molecular formula is C15H24N2O2. The van der Waals surface area contributed by atoms with Gasteiger partial charge >= 0.3 is 0 Å². The largest absolute Gasteiger partial charge is 0.494 e. The summed E-state index contributed by atoms with van der Waals surface area (Å²) in [5.74, 6) is 0.848. The molecule has 106 valence electrons. The molecule has 0 aliphatic carbocycles. The number of hydrogen-bond acceptors (Lipinski definition) is 3. The highest BCUT2D eigenvalue weighted by atomic mass is 16.5. The molecule has 1 rings (SSSR count). The molecule has 0 unspecified atom stereocenters. The molecule has 0 heterocycles. The quantitative estimate of drug-likeness (QED) is 0.733. The molecule has 0 fully saturated rings. The van der Waals surface area contributed by atoms with Crippen molar-refractivity contribution in [2.75, 3.05) is 26.7 Å². The van der Waals surface area contributed by atoms with Gasteiger partial charge in [0.05, 0.1) is 6.61 Å². The number of rotatable bonds is 8. The fraction of sp³-hybridized carbons (Fsp3) is 0.533. The molecule has 1 amide bonds. The van der Waals surface area contributed by atoms with Gasteiger partial charge in [0.15, 0.2) is 0 Å². The molecule has 4 heteroatoms. The Morgan fingerprint density at radius 2 is 1.89 bits per heavy atom. The number of benzene rings is 1. The highest BCUT2D eigenvalue weighted by Crippen LogP contribution is 2.13. The van der Waals surface area contributed by atoms with Crippen molar-refractivity contribution in [3.63, 3.8) is 0 Å². The summed E-state index contributed by atoms with van der Waals surface area (Å²) in [5, 5.41) is 0. The van der Waals surface area contributed by atoms with Gasteiger partial charge < -0.3 is 15.4 Å². The van der Waals surface area contributed by atoms with E-state index < -0.39 is 0 Å². The van der Waals surface area contributed by atoms with Crippen LogP contribution in [0.3, 0.4) is 0 Å². The van der Waals surface area contributed by atoms with Gasteiger partial charge in [-0.15, -0.1) is 0 Å². The SMILES string of the molecule is CCOc1ccc(C(=O)N(C)CCCCCN)cc1. The molecule has 0 saturated heterocycles. The lowest BCUT2D eigenvalue weighted by Gasteiger charge is -2.17. The van der Waals surface area contributed by atoms with E-state index in [0.29, 0.717) is 12.2 Å². The Kier molecular flexibility index (Phi) is 6.97. The van der Waals surface area contributed by atoms with Crippen LogP contribution >= 0.6 is 0 Å². The lowest BCUT2D eigenvalue weighted by molar-refractivity contribution is 0.0792. The minimum atomic E-state index is 0.0517. The maximum atomic E-state index is 12.1. The second kappa shape index (κ2) is 8.53. The predicted octanol–water partition coefficient (Wildman–Crippen LogP) is 2.29. The predicted molar refractivity (Wildman–Crippen MR) is 77.5 cm³/mol. The first kappa shape index (κ1) is 15.5. The zero-order valence-electron chi connectivity index (χ0n) is 11.9. The van der Waals surface area contributed by atoms with Gasteiger partial charge in [0.2, 0.25) is 0 Å². The first-order valence-electron chi connectivity index (χ1n) is 6.87. The van der Waals surface area contributed by atoms with Crippen LogP contribution in [0.15, 0.2) is 24.3 Å². The molecule has 0 aliphatic heterocycles. The van der Waals surface area contributed by atoms with Crippen LogP contribution in [-0.4, -0.2) is 37.6 Å². The number of amides is 1. The van der Waals surface area contributed by atoms with Crippen LogP contribution in [0.25, 0.3) is 0 Å². The Balaban J connectivity index is 2.47. The maximum Gasteiger partial charge on any atom is 0.253 e. The van der Waals surface area contributed by atoms with Crippen molar-refractivity contribution in [2.24, 2.45) is 5.73 Å². The van der Waals surface area contributed by atoms with Crippen LogP contribution in [-0.2, 0) is 0 Å². The first-order chi connectivity index (χ1) is 9.19. The Bertz CT molecular complexity index is 376. The summed E-state index contributed by atoms with van der Waals surface area (Å²) >= 11 is 0. The van der Waals surface area contributed by atoms with Crippen molar-refractivity contribution in [1.29, 1.82) is 0 Å². The van der Waals surface area contributed by atoms with Crippen LogP contribution in [0, 0.1) is 0 Å². The Labute approximate surface area is 115 Å². The minimum Gasteiger partial charge on any atom is -0.494 e. The van der Waals surface area contributed by atoms with Gasteiger partial charge in [-0.05, 0) is 50.6 Å². The van der Waals surface area contributed by atoms with E-state index in [-0.39, 0.29) is 5.91 Å². The fourth-order valence-corrected chi connectivity index (χ4v) is 1.85. The third-order valence-electron chi connectivity index (χ3n) is 2.96. The van der Waals surface area contributed by atoms with E-state index in [0.717, 1.165) is 38.1 Å². The smallest absolute Gasteiger partial charge is 0.253 e. The van der Waals surface area contributed by atoms with Crippen molar-refractivity contribution in [2.45, 2.75) is 26.2 Å². The van der Waals surface area contributed by atoms with Crippen molar-refractivity contribution in [1.82, 2.24) is 4.90 Å². The zero-order valence-corrected chi connectivity index (χ0v) is 11.9. The fourth-order valence-electron chi connectivity index (χ4n) is 1.85. The van der Waals surface area contributed by atoms with Gasteiger partial charge in [-0.3, -0.25) is 4.79 Å². The number of hydrogen-bond donors (Lipinski definition) is 1. The minimum absolute atomic E-state index is 0.0517. The van der Waals surface area contributed by atoms with Crippen molar-refractivity contribution >= 4 is 5.91 Å². The summed E-state index contributed by atoms with van der Waals surface area (Å²) in [4.78, 5) is 13.9. The lowest BCUT2D eigenvalue weighted by Crippen LogP contribution is -2.27. The average molecular weight is 264 g/mol. The molecular weight excluding hydrogens is 240 g/mol. The Morgan fingerprint density at radius 1 is 1.21 bits per heavy atom. The van der Waals surface area contributed by atoms with Crippen molar-refractivity contribution in [3.05, 3.63) is 29.8 Å². The third kappa shape index (κ3) is 5.30. The highest BCUT2D eigenvalue weighted by Gasteiger charge is 2.10. The Hall–Kier alpha value is -1.55. The number of carbonyl (C=O) groups excluding carboxylic acids is 1. The number of unbranched alkanes of at least 4 members (excludes halogenated alkanes) is 2. The second-order valence-electron chi connectivity index (χ2n) is 4.53.